The Labute approximate surface area is 163 Å². The lowest BCUT2D eigenvalue weighted by Gasteiger charge is -2.28. The van der Waals surface area contributed by atoms with Crippen LogP contribution < -0.4 is 5.32 Å². The molecule has 0 aliphatic rings. The first-order valence-electron chi connectivity index (χ1n) is 8.89. The van der Waals surface area contributed by atoms with Gasteiger partial charge in [0.15, 0.2) is 0 Å². The van der Waals surface area contributed by atoms with E-state index in [4.69, 9.17) is 0 Å². The van der Waals surface area contributed by atoms with E-state index in [2.05, 4.69) is 44.4 Å². The number of aromatic nitrogens is 3. The van der Waals surface area contributed by atoms with Crippen molar-refractivity contribution in [2.24, 2.45) is 0 Å². The number of hydrogen-bond acceptors (Lipinski definition) is 6. The summed E-state index contributed by atoms with van der Waals surface area (Å²) in [6.45, 7) is 4.08. The highest BCUT2D eigenvalue weighted by atomic mass is 32.2. The van der Waals surface area contributed by atoms with E-state index in [1.807, 2.05) is 13.8 Å². The zero-order valence-electron chi connectivity index (χ0n) is 15.9. The molecule has 7 nitrogen and oxygen atoms in total. The Kier molecular flexibility index (Phi) is 8.32. The molecule has 0 saturated heterocycles. The molecular weight excluding hydrogens is 364 g/mol. The maximum Gasteiger partial charge on any atom is 0.315 e. The summed E-state index contributed by atoms with van der Waals surface area (Å²) >= 11 is 1.39. The highest BCUT2D eigenvalue weighted by Gasteiger charge is 2.25. The van der Waals surface area contributed by atoms with Crippen LogP contribution in [0.4, 0.5) is 0 Å². The van der Waals surface area contributed by atoms with Crippen LogP contribution in [0, 0.1) is 6.92 Å². The van der Waals surface area contributed by atoms with Gasteiger partial charge in [0.1, 0.15) is 12.7 Å². The second kappa shape index (κ2) is 10.7. The molecule has 2 atom stereocenters. The molecule has 1 amide bonds. The Morgan fingerprint density at radius 2 is 2.04 bits per heavy atom. The molecular formula is C19H26N4O3S. The largest absolute Gasteiger partial charge is 0.468 e. The summed E-state index contributed by atoms with van der Waals surface area (Å²) < 4.78 is 6.38. The van der Waals surface area contributed by atoms with Gasteiger partial charge in [0.25, 0.3) is 0 Å². The minimum Gasteiger partial charge on any atom is -0.468 e. The number of thioether (sulfide) groups is 1. The number of methoxy groups -OCH3 is 1. The third-order valence-electron chi connectivity index (χ3n) is 4.23. The molecule has 2 aromatic rings. The standard InChI is InChI=1S/C19H26N4O3S/c1-4-16(22-17(24)9-10-27-11-18(25)26-3)19(23-13-20-12-21-23)15-7-5-14(2)6-8-15/h5-8,12-13,16,19H,4,9-11H2,1-3H3,(H,22,24). The average molecular weight is 391 g/mol. The van der Waals surface area contributed by atoms with E-state index in [-0.39, 0.29) is 29.7 Å². The SMILES string of the molecule is CCC(NC(=O)CCSCC(=O)OC)C(c1ccc(C)cc1)n1cncn1. The zero-order valence-corrected chi connectivity index (χ0v) is 16.7. The number of carbonyl (C=O) groups excluding carboxylic acids is 2. The summed E-state index contributed by atoms with van der Waals surface area (Å²) in [5.74, 6) is 0.496. The van der Waals surface area contributed by atoms with Gasteiger partial charge in [-0.3, -0.25) is 9.59 Å². The summed E-state index contributed by atoms with van der Waals surface area (Å²) in [6.07, 6.45) is 4.26. The van der Waals surface area contributed by atoms with E-state index in [0.29, 0.717) is 12.2 Å². The predicted molar refractivity (Wildman–Crippen MR) is 106 cm³/mol. The van der Waals surface area contributed by atoms with Crippen LogP contribution in [0.1, 0.15) is 36.9 Å². The molecule has 8 heteroatoms. The number of aryl methyl sites for hydroxylation is 1. The predicted octanol–water partition coefficient (Wildman–Crippen LogP) is 2.37. The summed E-state index contributed by atoms with van der Waals surface area (Å²) in [7, 11) is 1.36. The van der Waals surface area contributed by atoms with Gasteiger partial charge in [-0.2, -0.15) is 5.10 Å². The molecule has 0 radical (unpaired) electrons. The number of benzene rings is 1. The third kappa shape index (κ3) is 6.39. The molecule has 0 fully saturated rings. The van der Waals surface area contributed by atoms with E-state index in [9.17, 15) is 9.59 Å². The van der Waals surface area contributed by atoms with Gasteiger partial charge in [0, 0.05) is 12.2 Å². The maximum absolute atomic E-state index is 12.4. The molecule has 2 rings (SSSR count). The molecule has 0 aliphatic carbocycles. The van der Waals surface area contributed by atoms with Crippen molar-refractivity contribution in [3.05, 3.63) is 48.0 Å². The van der Waals surface area contributed by atoms with Crippen molar-refractivity contribution in [3.63, 3.8) is 0 Å². The van der Waals surface area contributed by atoms with Gasteiger partial charge in [-0.05, 0) is 18.9 Å². The highest BCUT2D eigenvalue weighted by Crippen LogP contribution is 2.24. The van der Waals surface area contributed by atoms with Crippen molar-refractivity contribution in [1.29, 1.82) is 0 Å². The summed E-state index contributed by atoms with van der Waals surface area (Å²) in [4.78, 5) is 27.6. The number of ether oxygens (including phenoxy) is 1. The molecule has 0 aliphatic heterocycles. The quantitative estimate of drug-likeness (QED) is 0.495. The number of amides is 1. The summed E-state index contributed by atoms with van der Waals surface area (Å²) in [6, 6.07) is 7.97. The van der Waals surface area contributed by atoms with Gasteiger partial charge in [0.2, 0.25) is 5.91 Å². The van der Waals surface area contributed by atoms with Crippen molar-refractivity contribution in [3.8, 4) is 0 Å². The Balaban J connectivity index is 2.03. The van der Waals surface area contributed by atoms with Gasteiger partial charge in [-0.1, -0.05) is 36.8 Å². The molecule has 0 spiro atoms. The van der Waals surface area contributed by atoms with Crippen molar-refractivity contribution in [1.82, 2.24) is 20.1 Å². The average Bonchev–Trinajstić information content (AvgIpc) is 3.20. The van der Waals surface area contributed by atoms with Crippen LogP contribution in [0.2, 0.25) is 0 Å². The normalized spacial score (nSPS) is 13.0. The van der Waals surface area contributed by atoms with Crippen LogP contribution >= 0.6 is 11.8 Å². The van der Waals surface area contributed by atoms with Crippen molar-refractivity contribution in [2.45, 2.75) is 38.8 Å². The topological polar surface area (TPSA) is 86.1 Å². The van der Waals surface area contributed by atoms with E-state index >= 15 is 0 Å². The molecule has 1 N–H and O–H groups in total. The van der Waals surface area contributed by atoms with E-state index in [1.54, 1.807) is 11.0 Å². The first-order valence-corrected chi connectivity index (χ1v) is 10.0. The fourth-order valence-electron chi connectivity index (χ4n) is 2.76. The van der Waals surface area contributed by atoms with Crippen LogP contribution in [0.25, 0.3) is 0 Å². The smallest absolute Gasteiger partial charge is 0.315 e. The first-order chi connectivity index (χ1) is 13.0. The Bertz CT molecular complexity index is 719. The van der Waals surface area contributed by atoms with E-state index < -0.39 is 0 Å². The number of rotatable bonds is 10. The molecule has 1 aromatic heterocycles. The minimum absolute atomic E-state index is 0.0450. The summed E-state index contributed by atoms with van der Waals surface area (Å²) in [5, 5.41) is 7.41. The maximum atomic E-state index is 12.4. The minimum atomic E-state index is -0.280. The molecule has 1 aromatic carbocycles. The molecule has 2 unspecified atom stereocenters. The van der Waals surface area contributed by atoms with Gasteiger partial charge >= 0.3 is 5.97 Å². The molecule has 0 bridgehead atoms. The van der Waals surface area contributed by atoms with Crippen LogP contribution in [-0.2, 0) is 14.3 Å². The second-order valence-electron chi connectivity index (χ2n) is 6.19. The number of nitrogens with zero attached hydrogens (tertiary/aromatic N) is 3. The van der Waals surface area contributed by atoms with Gasteiger partial charge in [-0.25, -0.2) is 9.67 Å². The zero-order chi connectivity index (χ0) is 19.6. The van der Waals surface area contributed by atoms with Crippen LogP contribution in [-0.4, -0.2) is 51.3 Å². The monoisotopic (exact) mass is 390 g/mol. The number of esters is 1. The lowest BCUT2D eigenvalue weighted by atomic mass is 9.96. The van der Waals surface area contributed by atoms with Gasteiger partial charge < -0.3 is 10.1 Å². The lowest BCUT2D eigenvalue weighted by molar-refractivity contribution is -0.137. The number of nitrogens with one attached hydrogen (secondary N) is 1. The number of carbonyl (C=O) groups is 2. The Hall–Kier alpha value is -2.35. The van der Waals surface area contributed by atoms with Gasteiger partial charge in [0.05, 0.1) is 24.9 Å². The Morgan fingerprint density at radius 1 is 1.30 bits per heavy atom. The highest BCUT2D eigenvalue weighted by molar-refractivity contribution is 7.99. The lowest BCUT2D eigenvalue weighted by Crippen LogP contribution is -2.41. The Morgan fingerprint density at radius 3 is 2.63 bits per heavy atom. The first kappa shape index (κ1) is 21.0. The number of hydrogen-bond donors (Lipinski definition) is 1. The third-order valence-corrected chi connectivity index (χ3v) is 5.16. The molecule has 1 heterocycles. The molecule has 146 valence electrons. The van der Waals surface area contributed by atoms with Crippen LogP contribution in [0.5, 0.6) is 0 Å². The van der Waals surface area contributed by atoms with E-state index in [0.717, 1.165) is 12.0 Å². The van der Waals surface area contributed by atoms with Gasteiger partial charge in [-0.15, -0.1) is 11.8 Å². The van der Waals surface area contributed by atoms with Crippen molar-refractivity contribution < 1.29 is 14.3 Å². The summed E-state index contributed by atoms with van der Waals surface area (Å²) in [5.41, 5.74) is 2.24. The van der Waals surface area contributed by atoms with Crippen molar-refractivity contribution in [2.75, 3.05) is 18.6 Å². The van der Waals surface area contributed by atoms with Crippen molar-refractivity contribution >= 4 is 23.6 Å². The van der Waals surface area contributed by atoms with Crippen LogP contribution in [0.15, 0.2) is 36.9 Å². The molecule has 27 heavy (non-hydrogen) atoms. The van der Waals surface area contributed by atoms with E-state index in [1.165, 1.54) is 30.8 Å². The second-order valence-corrected chi connectivity index (χ2v) is 7.30. The van der Waals surface area contributed by atoms with Crippen LogP contribution in [0.3, 0.4) is 0 Å². The molecule has 0 saturated carbocycles. The fraction of sp³-hybridized carbons (Fsp3) is 0.474. The fourth-order valence-corrected chi connectivity index (χ4v) is 3.52.